The molecule has 0 bridgehead atoms. The van der Waals surface area contributed by atoms with Crippen molar-refractivity contribution in [3.05, 3.63) is 79.7 Å². The van der Waals surface area contributed by atoms with Crippen LogP contribution in [0.1, 0.15) is 15.9 Å². The number of hydrazine groups is 1. The number of thioether (sulfide) groups is 1. The predicted molar refractivity (Wildman–Crippen MR) is 107 cm³/mol. The molecule has 0 spiro atoms. The lowest BCUT2D eigenvalue weighted by Crippen LogP contribution is -2.44. The fraction of sp³-hybridized carbons (Fsp3) is 0. The highest BCUT2D eigenvalue weighted by atomic mass is 35.5. The average Bonchev–Trinajstić information content (AvgIpc) is 2.90. The lowest BCUT2D eigenvalue weighted by Gasteiger charge is -2.16. The summed E-state index contributed by atoms with van der Waals surface area (Å²) in [5.74, 6) is -0.562. The van der Waals surface area contributed by atoms with Gasteiger partial charge in [-0.2, -0.15) is 5.01 Å². The largest absolute Gasteiger partial charge is 0.310 e. The molecule has 1 N–H and O–H groups in total. The van der Waals surface area contributed by atoms with Gasteiger partial charge < -0.3 is 0 Å². The number of hydrogen-bond acceptors (Lipinski definition) is 6. The third-order valence-corrected chi connectivity index (χ3v) is 5.28. The number of benzene rings is 2. The normalized spacial score (nSPS) is 15.3. The van der Waals surface area contributed by atoms with Crippen LogP contribution in [0.25, 0.3) is 6.08 Å². The van der Waals surface area contributed by atoms with Crippen LogP contribution in [0.4, 0.5) is 10.5 Å². The van der Waals surface area contributed by atoms with Crippen LogP contribution < -0.4 is 5.43 Å². The molecule has 1 aliphatic heterocycles. The van der Waals surface area contributed by atoms with E-state index >= 15 is 0 Å². The van der Waals surface area contributed by atoms with Crippen molar-refractivity contribution in [2.45, 2.75) is 0 Å². The van der Waals surface area contributed by atoms with E-state index in [0.29, 0.717) is 10.5 Å². The van der Waals surface area contributed by atoms with Crippen LogP contribution >= 0.6 is 35.6 Å². The molecule has 1 fully saturated rings. The molecule has 2 aromatic rings. The molecule has 27 heavy (non-hydrogen) atoms. The summed E-state index contributed by atoms with van der Waals surface area (Å²) in [5, 5.41) is 11.5. The number of thiocarbonyl (C=S) groups is 1. The summed E-state index contributed by atoms with van der Waals surface area (Å²) in [5.41, 5.74) is 3.26. The Balaban J connectivity index is 1.77. The van der Waals surface area contributed by atoms with Crippen LogP contribution in [0.5, 0.6) is 0 Å². The summed E-state index contributed by atoms with van der Waals surface area (Å²) in [7, 11) is 0. The Kier molecular flexibility index (Phi) is 5.54. The van der Waals surface area contributed by atoms with Gasteiger partial charge in [-0.15, -0.1) is 0 Å². The number of rotatable bonds is 4. The van der Waals surface area contributed by atoms with Crippen LogP contribution in [-0.2, 0) is 0 Å². The number of carbonyl (C=O) groups is 2. The topological polar surface area (TPSA) is 92.6 Å². The van der Waals surface area contributed by atoms with Crippen molar-refractivity contribution in [3.8, 4) is 0 Å². The molecular formula is C17H10ClN3O4S2. The predicted octanol–water partition coefficient (Wildman–Crippen LogP) is 4.43. The smallest absolute Gasteiger partial charge is 0.267 e. The van der Waals surface area contributed by atoms with Gasteiger partial charge in [0.2, 0.25) is 0 Å². The highest BCUT2D eigenvalue weighted by Gasteiger charge is 2.33. The number of nitro benzene ring substituents is 1. The van der Waals surface area contributed by atoms with Gasteiger partial charge in [0.25, 0.3) is 11.6 Å². The molecule has 3 rings (SSSR count). The van der Waals surface area contributed by atoms with E-state index in [4.69, 9.17) is 23.8 Å². The van der Waals surface area contributed by atoms with Gasteiger partial charge >= 0.3 is 5.24 Å². The molecule has 1 saturated heterocycles. The number of carbonyl (C=O) groups excluding carboxylic acids is 2. The van der Waals surface area contributed by atoms with Crippen molar-refractivity contribution < 1.29 is 14.5 Å². The molecule has 0 unspecified atom stereocenters. The van der Waals surface area contributed by atoms with Gasteiger partial charge in [0, 0.05) is 12.1 Å². The summed E-state index contributed by atoms with van der Waals surface area (Å²) < 4.78 is 0. The summed E-state index contributed by atoms with van der Waals surface area (Å²) in [4.78, 5) is 35.3. The van der Waals surface area contributed by atoms with Crippen molar-refractivity contribution in [2.75, 3.05) is 0 Å². The van der Waals surface area contributed by atoms with E-state index in [-0.39, 0.29) is 21.3 Å². The molecule has 2 amide bonds. The molecule has 1 aliphatic rings. The molecule has 7 nitrogen and oxygen atoms in total. The first kappa shape index (κ1) is 19.0. The van der Waals surface area contributed by atoms with E-state index in [1.807, 2.05) is 0 Å². The van der Waals surface area contributed by atoms with Crippen LogP contribution in [0.2, 0.25) is 5.02 Å². The number of halogens is 1. The monoisotopic (exact) mass is 419 g/mol. The first-order chi connectivity index (χ1) is 12.9. The van der Waals surface area contributed by atoms with Gasteiger partial charge in [0.1, 0.15) is 4.99 Å². The minimum Gasteiger partial charge on any atom is -0.267 e. The molecule has 0 aliphatic carbocycles. The van der Waals surface area contributed by atoms with Crippen molar-refractivity contribution in [1.29, 1.82) is 0 Å². The molecule has 2 aromatic carbocycles. The molecule has 1 heterocycles. The maximum atomic E-state index is 12.3. The van der Waals surface area contributed by atoms with Crippen LogP contribution in [0.3, 0.4) is 0 Å². The average molecular weight is 420 g/mol. The Morgan fingerprint density at radius 2 is 1.89 bits per heavy atom. The molecule has 0 saturated carbocycles. The van der Waals surface area contributed by atoms with E-state index in [1.165, 1.54) is 18.2 Å². The molecule has 10 heteroatoms. The maximum Gasteiger partial charge on any atom is 0.310 e. The zero-order valence-electron chi connectivity index (χ0n) is 13.4. The van der Waals surface area contributed by atoms with E-state index < -0.39 is 16.1 Å². The van der Waals surface area contributed by atoms with Crippen LogP contribution in [0.15, 0.2) is 53.4 Å². The third kappa shape index (κ3) is 4.16. The van der Waals surface area contributed by atoms with Crippen LogP contribution in [-0.4, -0.2) is 26.1 Å². The second-order valence-corrected chi connectivity index (χ2v) is 7.07. The fourth-order valence-corrected chi connectivity index (χ4v) is 3.60. The second-order valence-electron chi connectivity index (χ2n) is 5.29. The molecular weight excluding hydrogens is 410 g/mol. The first-order valence-electron chi connectivity index (χ1n) is 7.45. The van der Waals surface area contributed by atoms with E-state index in [9.17, 15) is 19.7 Å². The fourth-order valence-electron chi connectivity index (χ4n) is 2.21. The van der Waals surface area contributed by atoms with Crippen molar-refractivity contribution >= 4 is 63.5 Å². The van der Waals surface area contributed by atoms with Gasteiger partial charge in [-0.25, -0.2) is 0 Å². The number of hydrogen-bond donors (Lipinski definition) is 1. The van der Waals surface area contributed by atoms with Crippen molar-refractivity contribution in [2.24, 2.45) is 0 Å². The van der Waals surface area contributed by atoms with Gasteiger partial charge in [0.15, 0.2) is 0 Å². The summed E-state index contributed by atoms with van der Waals surface area (Å²) in [6.07, 6.45) is 1.62. The van der Waals surface area contributed by atoms with Crippen molar-refractivity contribution in [3.63, 3.8) is 0 Å². The summed E-state index contributed by atoms with van der Waals surface area (Å²) in [6.45, 7) is 0. The van der Waals surface area contributed by atoms with E-state index in [0.717, 1.165) is 16.8 Å². The zero-order chi connectivity index (χ0) is 19.6. The van der Waals surface area contributed by atoms with E-state index in [1.54, 1.807) is 36.4 Å². The Morgan fingerprint density at radius 1 is 1.22 bits per heavy atom. The highest BCUT2D eigenvalue weighted by Crippen LogP contribution is 2.32. The summed E-state index contributed by atoms with van der Waals surface area (Å²) >= 11 is 12.1. The zero-order valence-corrected chi connectivity index (χ0v) is 15.8. The Labute approximate surface area is 168 Å². The number of amides is 2. The number of nitrogens with zero attached hydrogens (tertiary/aromatic N) is 2. The summed E-state index contributed by atoms with van der Waals surface area (Å²) in [6, 6.07) is 12.2. The van der Waals surface area contributed by atoms with Gasteiger partial charge in [-0.3, -0.25) is 25.1 Å². The minimum atomic E-state index is -0.562. The minimum absolute atomic E-state index is 0.0384. The van der Waals surface area contributed by atoms with Crippen molar-refractivity contribution in [1.82, 2.24) is 10.4 Å². The van der Waals surface area contributed by atoms with E-state index in [2.05, 4.69) is 5.43 Å². The number of nitro groups is 1. The standard InChI is InChI=1S/C17H10ClN3O4S2/c18-13-4-2-1-3-12(13)15(22)19-20-16(26)14(27-17(20)23)9-10-5-7-11(8-6-10)21(24)25/h1-9H,(H,19,22)/b14-9+. The lowest BCUT2D eigenvalue weighted by molar-refractivity contribution is -0.384. The third-order valence-electron chi connectivity index (χ3n) is 3.53. The lowest BCUT2D eigenvalue weighted by atomic mass is 10.2. The molecule has 0 radical (unpaired) electrons. The van der Waals surface area contributed by atoms with Gasteiger partial charge in [0.05, 0.1) is 20.4 Å². The maximum absolute atomic E-state index is 12.3. The Hall–Kier alpha value is -2.75. The molecule has 0 aromatic heterocycles. The van der Waals surface area contributed by atoms with Crippen LogP contribution in [0, 0.1) is 10.1 Å². The van der Waals surface area contributed by atoms with Gasteiger partial charge in [-0.05, 0) is 47.7 Å². The Bertz CT molecular complexity index is 992. The molecule has 136 valence electrons. The quantitative estimate of drug-likeness (QED) is 0.341. The molecule has 0 atom stereocenters. The second kappa shape index (κ2) is 7.87. The Morgan fingerprint density at radius 3 is 2.52 bits per heavy atom. The SMILES string of the molecule is O=C(NN1C(=O)S/C(=C/c2ccc([N+](=O)[O-])cc2)C1=S)c1ccccc1Cl. The number of non-ortho nitro benzene ring substituents is 1. The highest BCUT2D eigenvalue weighted by molar-refractivity contribution is 8.19. The number of nitrogens with one attached hydrogen (secondary N) is 1. The van der Waals surface area contributed by atoms with Gasteiger partial charge in [-0.1, -0.05) is 36.0 Å². The first-order valence-corrected chi connectivity index (χ1v) is 9.05.